The van der Waals surface area contributed by atoms with E-state index in [-0.39, 0.29) is 30.4 Å². The molecular weight excluding hydrogens is 262 g/mol. The largest absolute Gasteiger partial charge is 0.350 e. The number of nitrogens with one attached hydrogen (secondary N) is 1. The van der Waals surface area contributed by atoms with Crippen molar-refractivity contribution in [1.29, 1.82) is 0 Å². The minimum atomic E-state index is -0.101. The van der Waals surface area contributed by atoms with E-state index in [1.54, 1.807) is 10.3 Å². The molecule has 1 saturated carbocycles. The van der Waals surface area contributed by atoms with E-state index < -0.39 is 0 Å². The van der Waals surface area contributed by atoms with E-state index in [1.807, 2.05) is 6.92 Å². The number of nitrogens with zero attached hydrogens (tertiary/aromatic N) is 2. The summed E-state index contributed by atoms with van der Waals surface area (Å²) in [6, 6.07) is 0.264. The minimum Gasteiger partial charge on any atom is -0.350 e. The Balaban J connectivity index is 1.84. The van der Waals surface area contributed by atoms with Gasteiger partial charge in [-0.2, -0.15) is 0 Å². The lowest BCUT2D eigenvalue weighted by Crippen LogP contribution is -2.62. The molecule has 0 bridgehead atoms. The van der Waals surface area contributed by atoms with Gasteiger partial charge < -0.3 is 10.2 Å². The van der Waals surface area contributed by atoms with Gasteiger partial charge in [0, 0.05) is 11.4 Å². The molecule has 0 aromatic carbocycles. The van der Waals surface area contributed by atoms with Crippen LogP contribution in [0.4, 0.5) is 0 Å². The average Bonchev–Trinajstić information content (AvgIpc) is 2.83. The number of piperazine rings is 1. The second-order valence-corrected chi connectivity index (χ2v) is 6.27. The Morgan fingerprint density at radius 2 is 2.26 bits per heavy atom. The number of fused-ring (bicyclic) bond motifs is 1. The van der Waals surface area contributed by atoms with Crippen molar-refractivity contribution >= 4 is 23.2 Å². The number of amides is 2. The third-order valence-corrected chi connectivity index (χ3v) is 4.66. The van der Waals surface area contributed by atoms with Crippen LogP contribution in [-0.2, 0) is 4.79 Å². The Kier molecular flexibility index (Phi) is 3.26. The van der Waals surface area contributed by atoms with Crippen molar-refractivity contribution in [3.8, 4) is 0 Å². The van der Waals surface area contributed by atoms with Crippen LogP contribution in [0.3, 0.4) is 0 Å². The van der Waals surface area contributed by atoms with Crippen LogP contribution in [0.25, 0.3) is 0 Å². The fraction of sp³-hybridized carbons (Fsp3) is 0.615. The van der Waals surface area contributed by atoms with Gasteiger partial charge >= 0.3 is 0 Å². The van der Waals surface area contributed by atoms with E-state index in [4.69, 9.17) is 0 Å². The molecule has 1 aromatic heterocycles. The van der Waals surface area contributed by atoms with Crippen molar-refractivity contribution in [2.45, 2.75) is 44.7 Å². The highest BCUT2D eigenvalue weighted by Gasteiger charge is 2.39. The van der Waals surface area contributed by atoms with Gasteiger partial charge in [0.05, 0.1) is 11.0 Å². The van der Waals surface area contributed by atoms with Crippen molar-refractivity contribution in [1.82, 2.24) is 15.2 Å². The van der Waals surface area contributed by atoms with Gasteiger partial charge in [0.2, 0.25) is 5.91 Å². The van der Waals surface area contributed by atoms with E-state index in [1.165, 1.54) is 11.3 Å². The average molecular weight is 279 g/mol. The Bertz CT molecular complexity index is 514. The van der Waals surface area contributed by atoms with Crippen LogP contribution in [0.15, 0.2) is 5.38 Å². The van der Waals surface area contributed by atoms with Crippen LogP contribution in [0.2, 0.25) is 0 Å². The molecule has 1 aliphatic carbocycles. The van der Waals surface area contributed by atoms with Crippen molar-refractivity contribution in [3.05, 3.63) is 16.1 Å². The summed E-state index contributed by atoms with van der Waals surface area (Å²) in [6.07, 6.45) is 4.19. The summed E-state index contributed by atoms with van der Waals surface area (Å²) in [7, 11) is 0. The molecule has 1 saturated heterocycles. The molecule has 2 heterocycles. The number of aryl methyl sites for hydroxylation is 1. The van der Waals surface area contributed by atoms with Crippen LogP contribution < -0.4 is 5.32 Å². The fourth-order valence-corrected chi connectivity index (χ4v) is 3.60. The zero-order chi connectivity index (χ0) is 13.4. The van der Waals surface area contributed by atoms with Crippen LogP contribution in [-0.4, -0.2) is 40.3 Å². The second kappa shape index (κ2) is 4.92. The maximum atomic E-state index is 12.5. The zero-order valence-electron chi connectivity index (χ0n) is 10.9. The summed E-state index contributed by atoms with van der Waals surface area (Å²) in [5, 5.41) is 5.67. The van der Waals surface area contributed by atoms with E-state index in [0.717, 1.165) is 30.7 Å². The molecule has 2 aliphatic rings. The molecule has 0 radical (unpaired) electrons. The summed E-state index contributed by atoms with van der Waals surface area (Å²) in [5.41, 5.74) is 0.474. The topological polar surface area (TPSA) is 62.3 Å². The molecule has 3 rings (SSSR count). The predicted molar refractivity (Wildman–Crippen MR) is 72.1 cm³/mol. The quantitative estimate of drug-likeness (QED) is 0.843. The number of hydrogen-bond donors (Lipinski definition) is 1. The number of aromatic nitrogens is 1. The summed E-state index contributed by atoms with van der Waals surface area (Å²) < 4.78 is 0. The maximum Gasteiger partial charge on any atom is 0.274 e. The SMILES string of the molecule is Cc1nc(C(=O)N2CC(=O)N[C@@H]3CCCC[C@@H]32)cs1. The van der Waals surface area contributed by atoms with Gasteiger partial charge in [-0.05, 0) is 19.8 Å². The summed E-state index contributed by atoms with van der Waals surface area (Å²) in [5.74, 6) is -0.153. The standard InChI is InChI=1S/C13H17N3O2S/c1-8-14-10(7-19-8)13(18)16-6-12(17)15-9-4-2-3-5-11(9)16/h7,9,11H,2-6H2,1H3,(H,15,17)/t9-,11+/m1/s1. The predicted octanol–water partition coefficient (Wildman–Crippen LogP) is 1.33. The minimum absolute atomic E-state index is 0.0524. The van der Waals surface area contributed by atoms with Crippen molar-refractivity contribution in [3.63, 3.8) is 0 Å². The first kappa shape index (κ1) is 12.6. The molecular formula is C13H17N3O2S. The maximum absolute atomic E-state index is 12.5. The molecule has 1 aromatic rings. The molecule has 0 spiro atoms. The lowest BCUT2D eigenvalue weighted by atomic mass is 9.87. The lowest BCUT2D eigenvalue weighted by Gasteiger charge is -2.43. The third kappa shape index (κ3) is 2.36. The van der Waals surface area contributed by atoms with Crippen molar-refractivity contribution in [2.24, 2.45) is 0 Å². The third-order valence-electron chi connectivity index (χ3n) is 3.89. The van der Waals surface area contributed by atoms with Crippen molar-refractivity contribution in [2.75, 3.05) is 6.54 Å². The fourth-order valence-electron chi connectivity index (χ4n) is 3.01. The normalized spacial score (nSPS) is 26.8. The van der Waals surface area contributed by atoms with Gasteiger partial charge in [-0.3, -0.25) is 9.59 Å². The number of thiazole rings is 1. The molecule has 5 nitrogen and oxygen atoms in total. The summed E-state index contributed by atoms with van der Waals surface area (Å²) >= 11 is 1.47. The molecule has 2 fully saturated rings. The molecule has 2 atom stereocenters. The van der Waals surface area contributed by atoms with Crippen LogP contribution in [0.1, 0.15) is 41.2 Å². The zero-order valence-corrected chi connectivity index (χ0v) is 11.7. The van der Waals surface area contributed by atoms with Crippen molar-refractivity contribution < 1.29 is 9.59 Å². The van der Waals surface area contributed by atoms with E-state index in [0.29, 0.717) is 5.69 Å². The smallest absolute Gasteiger partial charge is 0.274 e. The van der Waals surface area contributed by atoms with Crippen LogP contribution in [0.5, 0.6) is 0 Å². The lowest BCUT2D eigenvalue weighted by molar-refractivity contribution is -0.127. The first-order valence-electron chi connectivity index (χ1n) is 6.67. The molecule has 19 heavy (non-hydrogen) atoms. The molecule has 0 unspecified atom stereocenters. The monoisotopic (exact) mass is 279 g/mol. The first-order chi connectivity index (χ1) is 9.15. The highest BCUT2D eigenvalue weighted by molar-refractivity contribution is 7.09. The Morgan fingerprint density at radius 3 is 3.00 bits per heavy atom. The van der Waals surface area contributed by atoms with E-state index in [2.05, 4.69) is 10.3 Å². The molecule has 6 heteroatoms. The second-order valence-electron chi connectivity index (χ2n) is 5.21. The number of rotatable bonds is 1. The molecule has 102 valence electrons. The first-order valence-corrected chi connectivity index (χ1v) is 7.55. The Morgan fingerprint density at radius 1 is 1.47 bits per heavy atom. The van der Waals surface area contributed by atoms with E-state index in [9.17, 15) is 9.59 Å². The van der Waals surface area contributed by atoms with Gasteiger partial charge in [-0.25, -0.2) is 4.98 Å². The highest BCUT2D eigenvalue weighted by Crippen LogP contribution is 2.27. The molecule has 1 aliphatic heterocycles. The number of carbonyl (C=O) groups excluding carboxylic acids is 2. The summed E-state index contributed by atoms with van der Waals surface area (Å²) in [4.78, 5) is 30.2. The summed E-state index contributed by atoms with van der Waals surface area (Å²) in [6.45, 7) is 2.05. The Hall–Kier alpha value is -1.43. The van der Waals surface area contributed by atoms with Crippen LogP contribution in [0, 0.1) is 6.92 Å². The highest BCUT2D eigenvalue weighted by atomic mass is 32.1. The van der Waals surface area contributed by atoms with Gasteiger partial charge in [0.15, 0.2) is 0 Å². The number of hydrogen-bond acceptors (Lipinski definition) is 4. The Labute approximate surface area is 116 Å². The van der Waals surface area contributed by atoms with Gasteiger partial charge in [-0.15, -0.1) is 11.3 Å². The van der Waals surface area contributed by atoms with Crippen LogP contribution >= 0.6 is 11.3 Å². The van der Waals surface area contributed by atoms with Gasteiger partial charge in [0.25, 0.3) is 5.91 Å². The van der Waals surface area contributed by atoms with Gasteiger partial charge in [-0.1, -0.05) is 12.8 Å². The number of carbonyl (C=O) groups is 2. The molecule has 2 amide bonds. The molecule has 1 N–H and O–H groups in total. The van der Waals surface area contributed by atoms with E-state index >= 15 is 0 Å². The van der Waals surface area contributed by atoms with Gasteiger partial charge in [0.1, 0.15) is 12.2 Å².